The van der Waals surface area contributed by atoms with E-state index in [1.54, 1.807) is 11.4 Å². The minimum Gasteiger partial charge on any atom is -0.464 e. The predicted molar refractivity (Wildman–Crippen MR) is 67.0 cm³/mol. The monoisotopic (exact) mass is 233 g/mol. The predicted octanol–water partition coefficient (Wildman–Crippen LogP) is 2.50. The number of nitrogens with one attached hydrogen (secondary N) is 1. The van der Waals surface area contributed by atoms with Gasteiger partial charge >= 0.3 is 5.97 Å². The summed E-state index contributed by atoms with van der Waals surface area (Å²) in [6.45, 7) is 0. The van der Waals surface area contributed by atoms with Crippen LogP contribution in [0.1, 0.15) is 16.1 Å². The first-order valence-electron chi connectivity index (χ1n) is 4.89. The second-order valence-corrected chi connectivity index (χ2v) is 3.76. The quantitative estimate of drug-likeness (QED) is 0.654. The van der Waals surface area contributed by atoms with E-state index in [2.05, 4.69) is 9.72 Å². The zero-order valence-corrected chi connectivity index (χ0v) is 9.64. The summed E-state index contributed by atoms with van der Waals surface area (Å²) in [7, 11) is 1.37. The molecule has 0 amide bonds. The van der Waals surface area contributed by atoms with Gasteiger partial charge in [0.25, 0.3) is 0 Å². The van der Waals surface area contributed by atoms with Gasteiger partial charge in [0.05, 0.1) is 7.11 Å². The van der Waals surface area contributed by atoms with Crippen LogP contribution in [0.25, 0.3) is 10.9 Å². The summed E-state index contributed by atoms with van der Waals surface area (Å²) < 4.78 is 4.67. The van der Waals surface area contributed by atoms with E-state index in [9.17, 15) is 4.79 Å². The number of hydrogen-bond donors (Lipinski definition) is 1. The summed E-state index contributed by atoms with van der Waals surface area (Å²) in [5, 5.41) is 2.67. The van der Waals surface area contributed by atoms with Crippen LogP contribution in [0.5, 0.6) is 0 Å². The van der Waals surface area contributed by atoms with E-state index in [1.165, 1.54) is 7.11 Å². The number of carbonyl (C=O) groups excluding carboxylic acids is 1. The van der Waals surface area contributed by atoms with Gasteiger partial charge in [-0.1, -0.05) is 30.4 Å². The molecular weight excluding hydrogens is 222 g/mol. The number of esters is 1. The normalized spacial score (nSPS) is 10.3. The van der Waals surface area contributed by atoms with Crippen LogP contribution in [-0.4, -0.2) is 23.4 Å². The lowest BCUT2D eigenvalue weighted by atomic mass is 10.1. The molecule has 0 bridgehead atoms. The number of methoxy groups -OCH3 is 1. The fraction of sp³-hybridized carbons (Fsp3) is 0.167. The average Bonchev–Trinajstić information content (AvgIpc) is 2.73. The van der Waals surface area contributed by atoms with Crippen molar-refractivity contribution >= 4 is 34.5 Å². The molecule has 82 valence electrons. The Morgan fingerprint density at radius 1 is 1.56 bits per heavy atom. The number of rotatable bonds is 3. The fourth-order valence-corrected chi connectivity index (χ4v) is 1.88. The fourth-order valence-electron chi connectivity index (χ4n) is 1.70. The molecule has 3 nitrogen and oxygen atoms in total. The van der Waals surface area contributed by atoms with E-state index >= 15 is 0 Å². The van der Waals surface area contributed by atoms with Gasteiger partial charge in [0.15, 0.2) is 0 Å². The molecule has 0 spiro atoms. The van der Waals surface area contributed by atoms with E-state index < -0.39 is 0 Å². The highest BCUT2D eigenvalue weighted by molar-refractivity contribution is 7.79. The van der Waals surface area contributed by atoms with Crippen molar-refractivity contribution in [3.05, 3.63) is 35.5 Å². The molecule has 0 fully saturated rings. The van der Waals surface area contributed by atoms with Gasteiger partial charge in [-0.05, 0) is 17.0 Å². The molecule has 0 radical (unpaired) electrons. The Labute approximate surface area is 98.4 Å². The SMILES string of the molecule is COC(=O)c1cc2cccc(CC=S)c2[nH]1. The van der Waals surface area contributed by atoms with Crippen LogP contribution in [0.4, 0.5) is 0 Å². The maximum Gasteiger partial charge on any atom is 0.354 e. The molecule has 2 rings (SSSR count). The van der Waals surface area contributed by atoms with Crippen molar-refractivity contribution in [1.82, 2.24) is 4.98 Å². The van der Waals surface area contributed by atoms with Gasteiger partial charge in [-0.25, -0.2) is 4.79 Å². The number of carbonyl (C=O) groups is 1. The van der Waals surface area contributed by atoms with E-state index in [1.807, 2.05) is 18.2 Å². The van der Waals surface area contributed by atoms with Crippen molar-refractivity contribution in [2.75, 3.05) is 7.11 Å². The van der Waals surface area contributed by atoms with Crippen LogP contribution in [-0.2, 0) is 11.2 Å². The maximum atomic E-state index is 11.4. The Kier molecular flexibility index (Phi) is 3.01. The number of thiocarbonyl (C=S) groups is 1. The van der Waals surface area contributed by atoms with Gasteiger partial charge in [0, 0.05) is 17.3 Å². The molecule has 16 heavy (non-hydrogen) atoms. The molecular formula is C12H11NO2S. The van der Waals surface area contributed by atoms with Crippen LogP contribution in [0.3, 0.4) is 0 Å². The number of para-hydroxylation sites is 1. The van der Waals surface area contributed by atoms with Crippen molar-refractivity contribution in [2.24, 2.45) is 0 Å². The maximum absolute atomic E-state index is 11.4. The molecule has 1 aromatic carbocycles. The minimum absolute atomic E-state index is 0.357. The van der Waals surface area contributed by atoms with Gasteiger partial charge in [-0.3, -0.25) is 0 Å². The van der Waals surface area contributed by atoms with Gasteiger partial charge in [-0.15, -0.1) is 0 Å². The van der Waals surface area contributed by atoms with E-state index in [0.29, 0.717) is 12.1 Å². The average molecular weight is 233 g/mol. The molecule has 2 aromatic rings. The highest BCUT2D eigenvalue weighted by Crippen LogP contribution is 2.20. The van der Waals surface area contributed by atoms with Gasteiger partial charge in [0.1, 0.15) is 5.69 Å². The summed E-state index contributed by atoms with van der Waals surface area (Å²) in [5.41, 5.74) is 2.50. The summed E-state index contributed by atoms with van der Waals surface area (Å²) in [4.78, 5) is 14.4. The lowest BCUT2D eigenvalue weighted by Gasteiger charge is -1.98. The Balaban J connectivity index is 2.56. The second kappa shape index (κ2) is 4.45. The molecule has 1 N–H and O–H groups in total. The largest absolute Gasteiger partial charge is 0.464 e. The second-order valence-electron chi connectivity index (χ2n) is 3.43. The molecule has 4 heteroatoms. The molecule has 0 aliphatic rings. The third kappa shape index (κ3) is 1.84. The first-order valence-corrected chi connectivity index (χ1v) is 5.36. The van der Waals surface area contributed by atoms with Crippen LogP contribution in [0.2, 0.25) is 0 Å². The molecule has 0 aliphatic heterocycles. The molecule has 0 atom stereocenters. The number of aromatic amines is 1. The summed E-state index contributed by atoms with van der Waals surface area (Å²) in [6.07, 6.45) is 0.702. The van der Waals surface area contributed by atoms with Gasteiger partial charge in [0.2, 0.25) is 0 Å². The summed E-state index contributed by atoms with van der Waals surface area (Å²) in [6, 6.07) is 7.67. The standard InChI is InChI=1S/C12H11NO2S/c1-15-12(14)10-7-9-4-2-3-8(5-6-16)11(9)13-10/h2-4,6-7,13H,5H2,1H3. The van der Waals surface area contributed by atoms with Crippen molar-refractivity contribution in [1.29, 1.82) is 0 Å². The zero-order valence-electron chi connectivity index (χ0n) is 8.82. The van der Waals surface area contributed by atoms with Gasteiger partial charge < -0.3 is 9.72 Å². The lowest BCUT2D eigenvalue weighted by Crippen LogP contribution is -2.00. The number of hydrogen-bond acceptors (Lipinski definition) is 3. The number of H-pyrrole nitrogens is 1. The topological polar surface area (TPSA) is 42.1 Å². The van der Waals surface area contributed by atoms with Crippen molar-refractivity contribution in [2.45, 2.75) is 6.42 Å². The highest BCUT2D eigenvalue weighted by Gasteiger charge is 2.10. The van der Waals surface area contributed by atoms with Crippen molar-refractivity contribution in [3.8, 4) is 0 Å². The summed E-state index contributed by atoms with van der Waals surface area (Å²) >= 11 is 4.85. The molecule has 1 heterocycles. The molecule has 1 aromatic heterocycles. The van der Waals surface area contributed by atoms with Crippen molar-refractivity contribution in [3.63, 3.8) is 0 Å². The zero-order chi connectivity index (χ0) is 11.5. The Hall–Kier alpha value is -1.68. The number of aromatic nitrogens is 1. The Morgan fingerprint density at radius 2 is 2.38 bits per heavy atom. The Bertz CT molecular complexity index is 545. The minimum atomic E-state index is -0.357. The van der Waals surface area contributed by atoms with Crippen LogP contribution < -0.4 is 0 Å². The Morgan fingerprint density at radius 3 is 3.06 bits per heavy atom. The summed E-state index contributed by atoms with van der Waals surface area (Å²) in [5.74, 6) is -0.357. The first kappa shape index (κ1) is 10.8. The first-order chi connectivity index (χ1) is 7.76. The number of ether oxygens (including phenoxy) is 1. The van der Waals surface area contributed by atoms with Gasteiger partial charge in [-0.2, -0.15) is 0 Å². The van der Waals surface area contributed by atoms with E-state index in [4.69, 9.17) is 12.2 Å². The molecule has 0 unspecified atom stereocenters. The van der Waals surface area contributed by atoms with Crippen molar-refractivity contribution < 1.29 is 9.53 Å². The molecule has 0 saturated heterocycles. The van der Waals surface area contributed by atoms with Crippen LogP contribution in [0, 0.1) is 0 Å². The lowest BCUT2D eigenvalue weighted by molar-refractivity contribution is 0.0595. The number of benzene rings is 1. The third-order valence-corrected chi connectivity index (χ3v) is 2.62. The van der Waals surface area contributed by atoms with E-state index in [-0.39, 0.29) is 5.97 Å². The molecule has 0 saturated carbocycles. The van der Waals surface area contributed by atoms with Crippen LogP contribution >= 0.6 is 12.2 Å². The highest BCUT2D eigenvalue weighted by atomic mass is 32.1. The van der Waals surface area contributed by atoms with E-state index in [0.717, 1.165) is 16.5 Å². The number of fused-ring (bicyclic) bond motifs is 1. The molecule has 0 aliphatic carbocycles. The smallest absolute Gasteiger partial charge is 0.354 e. The van der Waals surface area contributed by atoms with Crippen LogP contribution in [0.15, 0.2) is 24.3 Å². The third-order valence-electron chi connectivity index (χ3n) is 2.45.